The molecule has 0 aliphatic heterocycles. The third-order valence-corrected chi connectivity index (χ3v) is 5.83. The lowest BCUT2D eigenvalue weighted by Crippen LogP contribution is -2.41. The number of aryl methyl sites for hydroxylation is 2. The standard InChI is InChI=1S/C20H25N3O5S/c1-13-9-10-17(14(2)11-13)16(4)21-20(24)12-22(29(5,27)28)18-7-6-8-19(15(18)3)23(25)26/h6-11,16H,12H2,1-5H3,(H,21,24)/t16-/m1/s1. The van der Waals surface area contributed by atoms with Gasteiger partial charge in [0.05, 0.1) is 28.5 Å². The van der Waals surface area contributed by atoms with E-state index in [9.17, 15) is 23.3 Å². The highest BCUT2D eigenvalue weighted by molar-refractivity contribution is 7.92. The van der Waals surface area contributed by atoms with Crippen molar-refractivity contribution in [3.05, 3.63) is 68.8 Å². The number of nitro groups is 1. The minimum Gasteiger partial charge on any atom is -0.348 e. The largest absolute Gasteiger partial charge is 0.348 e. The summed E-state index contributed by atoms with van der Waals surface area (Å²) in [6.45, 7) is 6.72. The van der Waals surface area contributed by atoms with Crippen LogP contribution in [-0.4, -0.2) is 32.0 Å². The lowest BCUT2D eigenvalue weighted by atomic mass is 10.0. The summed E-state index contributed by atoms with van der Waals surface area (Å²) in [5.41, 5.74) is 3.14. The van der Waals surface area contributed by atoms with E-state index in [1.165, 1.54) is 25.1 Å². The average molecular weight is 420 g/mol. The Bertz CT molecular complexity index is 1050. The predicted molar refractivity (Wildman–Crippen MR) is 112 cm³/mol. The van der Waals surface area contributed by atoms with Gasteiger partial charge in [0.2, 0.25) is 15.9 Å². The second kappa shape index (κ2) is 8.60. The normalized spacial score (nSPS) is 12.3. The average Bonchev–Trinajstić information content (AvgIpc) is 2.58. The van der Waals surface area contributed by atoms with Crippen molar-refractivity contribution in [2.75, 3.05) is 17.1 Å². The molecule has 1 amide bonds. The summed E-state index contributed by atoms with van der Waals surface area (Å²) in [6.07, 6.45) is 0.964. The first kappa shape index (κ1) is 22.4. The number of sulfonamides is 1. The van der Waals surface area contributed by atoms with E-state index in [2.05, 4.69) is 5.32 Å². The van der Waals surface area contributed by atoms with Crippen molar-refractivity contribution in [1.82, 2.24) is 5.32 Å². The van der Waals surface area contributed by atoms with Crippen LogP contribution in [0.2, 0.25) is 0 Å². The topological polar surface area (TPSA) is 110 Å². The highest BCUT2D eigenvalue weighted by Gasteiger charge is 2.26. The van der Waals surface area contributed by atoms with Crippen LogP contribution in [0.5, 0.6) is 0 Å². The van der Waals surface area contributed by atoms with E-state index < -0.39 is 27.4 Å². The number of amides is 1. The SMILES string of the molecule is Cc1ccc([C@@H](C)NC(=O)CN(c2cccc([N+](=O)[O-])c2C)S(C)(=O)=O)c(C)c1. The molecule has 0 heterocycles. The van der Waals surface area contributed by atoms with Gasteiger partial charge in [-0.25, -0.2) is 8.42 Å². The number of rotatable bonds is 7. The predicted octanol–water partition coefficient (Wildman–Crippen LogP) is 3.16. The molecule has 0 bridgehead atoms. The van der Waals surface area contributed by atoms with E-state index in [1.54, 1.807) is 0 Å². The number of nitrogens with one attached hydrogen (secondary N) is 1. The first-order chi connectivity index (χ1) is 13.4. The summed E-state index contributed by atoms with van der Waals surface area (Å²) in [7, 11) is -3.84. The molecule has 0 saturated heterocycles. The Labute approximate surface area is 170 Å². The summed E-state index contributed by atoms with van der Waals surface area (Å²) in [6, 6.07) is 9.69. The monoisotopic (exact) mass is 419 g/mol. The number of hydrogen-bond donors (Lipinski definition) is 1. The molecular weight excluding hydrogens is 394 g/mol. The van der Waals surface area contributed by atoms with Crippen molar-refractivity contribution < 1.29 is 18.1 Å². The van der Waals surface area contributed by atoms with Gasteiger partial charge in [-0.1, -0.05) is 29.8 Å². The van der Waals surface area contributed by atoms with Gasteiger partial charge < -0.3 is 5.32 Å². The maximum Gasteiger partial charge on any atom is 0.274 e. The van der Waals surface area contributed by atoms with Crippen LogP contribution >= 0.6 is 0 Å². The number of nitro benzene ring substituents is 1. The third kappa shape index (κ3) is 5.32. The van der Waals surface area contributed by atoms with E-state index in [-0.39, 0.29) is 23.0 Å². The smallest absolute Gasteiger partial charge is 0.274 e. The quantitative estimate of drug-likeness (QED) is 0.548. The number of benzene rings is 2. The second-order valence-electron chi connectivity index (χ2n) is 7.10. The Morgan fingerprint density at radius 3 is 2.41 bits per heavy atom. The molecule has 8 nitrogen and oxygen atoms in total. The Balaban J connectivity index is 2.29. The fourth-order valence-corrected chi connectivity index (χ4v) is 4.17. The molecule has 29 heavy (non-hydrogen) atoms. The summed E-state index contributed by atoms with van der Waals surface area (Å²) < 4.78 is 25.5. The zero-order valence-corrected chi connectivity index (χ0v) is 17.9. The molecule has 0 aliphatic rings. The molecule has 0 saturated carbocycles. The molecule has 1 N–H and O–H groups in total. The van der Waals surface area contributed by atoms with E-state index in [0.717, 1.165) is 27.3 Å². The summed E-state index contributed by atoms with van der Waals surface area (Å²) in [4.78, 5) is 23.2. The van der Waals surface area contributed by atoms with Crippen LogP contribution in [0.15, 0.2) is 36.4 Å². The molecule has 0 aliphatic carbocycles. The number of anilines is 1. The first-order valence-electron chi connectivity index (χ1n) is 9.00. The zero-order valence-electron chi connectivity index (χ0n) is 17.1. The molecular formula is C20H25N3O5S. The molecule has 2 rings (SSSR count). The maximum absolute atomic E-state index is 12.6. The zero-order chi connectivity index (χ0) is 21.9. The molecule has 0 spiro atoms. The van der Waals surface area contributed by atoms with Crippen LogP contribution in [0.25, 0.3) is 0 Å². The Morgan fingerprint density at radius 2 is 1.86 bits per heavy atom. The molecule has 0 unspecified atom stereocenters. The fourth-order valence-electron chi connectivity index (χ4n) is 3.27. The van der Waals surface area contributed by atoms with Crippen molar-refractivity contribution in [3.63, 3.8) is 0 Å². The van der Waals surface area contributed by atoms with Crippen LogP contribution < -0.4 is 9.62 Å². The van der Waals surface area contributed by atoms with Crippen LogP contribution in [0.4, 0.5) is 11.4 Å². The van der Waals surface area contributed by atoms with Crippen molar-refractivity contribution in [3.8, 4) is 0 Å². The van der Waals surface area contributed by atoms with Gasteiger partial charge in [0.25, 0.3) is 5.69 Å². The van der Waals surface area contributed by atoms with Crippen molar-refractivity contribution in [2.24, 2.45) is 0 Å². The number of nitrogens with zero attached hydrogens (tertiary/aromatic N) is 2. The molecule has 0 fully saturated rings. The number of carbonyl (C=O) groups excluding carboxylic acids is 1. The van der Waals surface area contributed by atoms with Gasteiger partial charge in [0.1, 0.15) is 6.54 Å². The molecule has 156 valence electrons. The fraction of sp³-hybridized carbons (Fsp3) is 0.350. The Morgan fingerprint density at radius 1 is 1.21 bits per heavy atom. The summed E-state index contributed by atoms with van der Waals surface area (Å²) >= 11 is 0. The Hall–Kier alpha value is -2.94. The maximum atomic E-state index is 12.6. The number of hydrogen-bond acceptors (Lipinski definition) is 5. The highest BCUT2D eigenvalue weighted by atomic mass is 32.2. The van der Waals surface area contributed by atoms with Crippen LogP contribution in [0, 0.1) is 30.9 Å². The van der Waals surface area contributed by atoms with Crippen molar-refractivity contribution >= 4 is 27.3 Å². The van der Waals surface area contributed by atoms with Gasteiger partial charge in [-0.05, 0) is 44.9 Å². The van der Waals surface area contributed by atoms with Crippen molar-refractivity contribution in [2.45, 2.75) is 33.7 Å². The van der Waals surface area contributed by atoms with Gasteiger partial charge >= 0.3 is 0 Å². The van der Waals surface area contributed by atoms with Crippen LogP contribution in [0.1, 0.15) is 35.2 Å². The summed E-state index contributed by atoms with van der Waals surface area (Å²) in [5.74, 6) is -0.506. The lowest BCUT2D eigenvalue weighted by Gasteiger charge is -2.25. The van der Waals surface area contributed by atoms with Gasteiger partial charge in [-0.2, -0.15) is 0 Å². The van der Waals surface area contributed by atoms with Gasteiger partial charge in [-0.15, -0.1) is 0 Å². The highest BCUT2D eigenvalue weighted by Crippen LogP contribution is 2.29. The van der Waals surface area contributed by atoms with Crippen LogP contribution in [0.3, 0.4) is 0 Å². The van der Waals surface area contributed by atoms with Crippen molar-refractivity contribution in [1.29, 1.82) is 0 Å². The molecule has 1 atom stereocenters. The van der Waals surface area contributed by atoms with E-state index in [0.29, 0.717) is 0 Å². The minimum atomic E-state index is -3.84. The van der Waals surface area contributed by atoms with E-state index in [4.69, 9.17) is 0 Å². The Kier molecular flexibility index (Phi) is 6.63. The second-order valence-corrected chi connectivity index (χ2v) is 9.00. The third-order valence-electron chi connectivity index (χ3n) is 4.70. The molecule has 0 aromatic heterocycles. The molecule has 2 aromatic carbocycles. The van der Waals surface area contributed by atoms with Gasteiger partial charge in [0.15, 0.2) is 0 Å². The number of carbonyl (C=O) groups is 1. The van der Waals surface area contributed by atoms with Crippen LogP contribution in [-0.2, 0) is 14.8 Å². The van der Waals surface area contributed by atoms with E-state index in [1.807, 2.05) is 39.0 Å². The van der Waals surface area contributed by atoms with Gasteiger partial charge in [-0.3, -0.25) is 19.2 Å². The lowest BCUT2D eigenvalue weighted by molar-refractivity contribution is -0.385. The van der Waals surface area contributed by atoms with Gasteiger partial charge in [0, 0.05) is 6.07 Å². The van der Waals surface area contributed by atoms with E-state index >= 15 is 0 Å². The molecule has 2 aromatic rings. The molecule has 9 heteroatoms. The summed E-state index contributed by atoms with van der Waals surface area (Å²) in [5, 5.41) is 14.0. The minimum absolute atomic E-state index is 0.107. The molecule has 0 radical (unpaired) electrons. The first-order valence-corrected chi connectivity index (χ1v) is 10.8.